The number of nitrogens with two attached hydrogens (primary N) is 1. The first kappa shape index (κ1) is 15.3. The Morgan fingerprint density at radius 2 is 2.06 bits per heavy atom. The summed E-state index contributed by atoms with van der Waals surface area (Å²) in [5, 5.41) is 12.1. The van der Waals surface area contributed by atoms with Gasteiger partial charge in [0.2, 0.25) is 6.41 Å². The molecule has 0 aliphatic rings. The molecular weight excluding hydrogens is 212 g/mol. The van der Waals surface area contributed by atoms with Gasteiger partial charge < -0.3 is 20.3 Å². The average Bonchev–Trinajstić information content (AvgIpc) is 2.13. The third kappa shape index (κ3) is 7.58. The molecule has 0 saturated heterocycles. The van der Waals surface area contributed by atoms with Gasteiger partial charge in [-0.3, -0.25) is 10.1 Å². The Labute approximate surface area is 96.1 Å². The van der Waals surface area contributed by atoms with Gasteiger partial charge in [-0.15, -0.1) is 0 Å². The molecule has 0 radical (unpaired) electrons. The molecule has 0 rings (SSSR count). The Hall–Kier alpha value is -0.690. The summed E-state index contributed by atoms with van der Waals surface area (Å²) in [5.41, 5.74) is 5.07. The van der Waals surface area contributed by atoms with Gasteiger partial charge in [-0.1, -0.05) is 0 Å². The highest BCUT2D eigenvalue weighted by molar-refractivity contribution is 5.75. The van der Waals surface area contributed by atoms with Crippen molar-refractivity contribution in [2.45, 2.75) is 45.2 Å². The molecule has 0 saturated carbocycles. The summed E-state index contributed by atoms with van der Waals surface area (Å²) in [6.07, 6.45) is -0.693. The largest absolute Gasteiger partial charge is 0.468 e. The van der Waals surface area contributed by atoms with Gasteiger partial charge in [0.25, 0.3) is 0 Å². The van der Waals surface area contributed by atoms with Crippen molar-refractivity contribution in [1.29, 1.82) is 0 Å². The van der Waals surface area contributed by atoms with Crippen LogP contribution in [0.25, 0.3) is 0 Å². The summed E-state index contributed by atoms with van der Waals surface area (Å²) in [5.74, 6) is -0.465. The SMILES string of the molecule is COC(=O)C(N)CCNC(O)OC(C)(C)C. The minimum atomic E-state index is -1.06. The van der Waals surface area contributed by atoms with Crippen LogP contribution in [0.4, 0.5) is 0 Å². The number of carbonyl (C=O) groups is 1. The number of carbonyl (C=O) groups excluding carboxylic acids is 1. The minimum absolute atomic E-state index is 0.369. The number of nitrogens with one attached hydrogen (secondary N) is 1. The molecule has 0 aromatic heterocycles. The van der Waals surface area contributed by atoms with Gasteiger partial charge in [0.15, 0.2) is 0 Å². The van der Waals surface area contributed by atoms with Gasteiger partial charge in [0, 0.05) is 6.54 Å². The van der Waals surface area contributed by atoms with Crippen LogP contribution < -0.4 is 11.1 Å². The quantitative estimate of drug-likeness (QED) is 0.426. The van der Waals surface area contributed by atoms with E-state index in [1.807, 2.05) is 20.8 Å². The van der Waals surface area contributed by atoms with Gasteiger partial charge in [-0.25, -0.2) is 0 Å². The van der Waals surface area contributed by atoms with Crippen LogP contribution in [-0.2, 0) is 14.3 Å². The third-order valence-corrected chi connectivity index (χ3v) is 1.74. The fourth-order valence-corrected chi connectivity index (χ4v) is 1.01. The molecule has 6 heteroatoms. The molecule has 2 atom stereocenters. The zero-order chi connectivity index (χ0) is 12.8. The molecule has 0 bridgehead atoms. The molecule has 0 aromatic carbocycles. The molecule has 96 valence electrons. The lowest BCUT2D eigenvalue weighted by Crippen LogP contribution is -2.41. The third-order valence-electron chi connectivity index (χ3n) is 1.74. The lowest BCUT2D eigenvalue weighted by molar-refractivity contribution is -0.181. The second-order valence-electron chi connectivity index (χ2n) is 4.46. The topological polar surface area (TPSA) is 93.8 Å². The number of hydrogen-bond acceptors (Lipinski definition) is 6. The molecule has 16 heavy (non-hydrogen) atoms. The van der Waals surface area contributed by atoms with Crippen LogP contribution in [0.3, 0.4) is 0 Å². The molecule has 0 aromatic rings. The van der Waals surface area contributed by atoms with E-state index >= 15 is 0 Å². The van der Waals surface area contributed by atoms with Crippen molar-refractivity contribution >= 4 is 5.97 Å². The van der Waals surface area contributed by atoms with Gasteiger partial charge >= 0.3 is 5.97 Å². The van der Waals surface area contributed by atoms with E-state index in [1.165, 1.54) is 7.11 Å². The van der Waals surface area contributed by atoms with E-state index in [9.17, 15) is 9.90 Å². The van der Waals surface area contributed by atoms with Gasteiger partial charge in [-0.2, -0.15) is 0 Å². The van der Waals surface area contributed by atoms with Crippen molar-refractivity contribution in [2.75, 3.05) is 13.7 Å². The molecule has 0 aliphatic heterocycles. The van der Waals surface area contributed by atoms with Crippen molar-refractivity contribution in [2.24, 2.45) is 5.73 Å². The van der Waals surface area contributed by atoms with Crippen molar-refractivity contribution < 1.29 is 19.4 Å². The Bertz CT molecular complexity index is 215. The van der Waals surface area contributed by atoms with Crippen molar-refractivity contribution in [3.8, 4) is 0 Å². The molecule has 0 fully saturated rings. The predicted octanol–water partition coefficient (Wildman–Crippen LogP) is -0.443. The van der Waals surface area contributed by atoms with E-state index in [0.717, 1.165) is 0 Å². The molecule has 4 N–H and O–H groups in total. The van der Waals surface area contributed by atoms with Crippen LogP contribution in [0.5, 0.6) is 0 Å². The monoisotopic (exact) mass is 234 g/mol. The predicted molar refractivity (Wildman–Crippen MR) is 59.5 cm³/mol. The van der Waals surface area contributed by atoms with Gasteiger partial charge in [-0.05, 0) is 27.2 Å². The summed E-state index contributed by atoms with van der Waals surface area (Å²) in [7, 11) is 1.28. The molecule has 6 nitrogen and oxygen atoms in total. The highest BCUT2D eigenvalue weighted by atomic mass is 16.6. The summed E-state index contributed by atoms with van der Waals surface area (Å²) in [6, 6.07) is -0.681. The van der Waals surface area contributed by atoms with E-state index in [1.54, 1.807) is 0 Å². The van der Waals surface area contributed by atoms with E-state index in [4.69, 9.17) is 10.5 Å². The fraction of sp³-hybridized carbons (Fsp3) is 0.900. The maximum Gasteiger partial charge on any atom is 0.322 e. The fourth-order valence-electron chi connectivity index (χ4n) is 1.01. The summed E-state index contributed by atoms with van der Waals surface area (Å²) < 4.78 is 9.66. The smallest absolute Gasteiger partial charge is 0.322 e. The van der Waals surface area contributed by atoms with Crippen LogP contribution in [0.15, 0.2) is 0 Å². The number of esters is 1. The van der Waals surface area contributed by atoms with E-state index < -0.39 is 24.0 Å². The number of hydrogen-bond donors (Lipinski definition) is 3. The maximum absolute atomic E-state index is 10.9. The first-order valence-electron chi connectivity index (χ1n) is 5.19. The lowest BCUT2D eigenvalue weighted by atomic mass is 10.2. The normalized spacial score (nSPS) is 15.6. The Balaban J connectivity index is 3.70. The molecule has 0 aliphatic carbocycles. The summed E-state index contributed by atoms with van der Waals surface area (Å²) in [4.78, 5) is 10.9. The van der Waals surface area contributed by atoms with Crippen LogP contribution in [0, 0.1) is 0 Å². The maximum atomic E-state index is 10.9. The number of ether oxygens (including phenoxy) is 2. The highest BCUT2D eigenvalue weighted by Gasteiger charge is 2.17. The minimum Gasteiger partial charge on any atom is -0.468 e. The summed E-state index contributed by atoms with van der Waals surface area (Å²) in [6.45, 7) is 5.86. The molecule has 2 unspecified atom stereocenters. The van der Waals surface area contributed by atoms with Crippen molar-refractivity contribution in [3.63, 3.8) is 0 Å². The van der Waals surface area contributed by atoms with E-state index in [2.05, 4.69) is 10.1 Å². The second-order valence-corrected chi connectivity index (χ2v) is 4.46. The van der Waals surface area contributed by atoms with Crippen LogP contribution >= 0.6 is 0 Å². The Kier molecular flexibility index (Phi) is 6.51. The number of aliphatic hydroxyl groups excluding tert-OH is 1. The Morgan fingerprint density at radius 1 is 1.50 bits per heavy atom. The van der Waals surface area contributed by atoms with E-state index in [-0.39, 0.29) is 0 Å². The lowest BCUT2D eigenvalue weighted by Gasteiger charge is -2.24. The highest BCUT2D eigenvalue weighted by Crippen LogP contribution is 2.07. The molecule has 0 heterocycles. The van der Waals surface area contributed by atoms with Crippen molar-refractivity contribution in [1.82, 2.24) is 5.32 Å². The molecule has 0 spiro atoms. The summed E-state index contributed by atoms with van der Waals surface area (Å²) >= 11 is 0. The second kappa shape index (κ2) is 6.80. The Morgan fingerprint density at radius 3 is 2.50 bits per heavy atom. The van der Waals surface area contributed by atoms with E-state index in [0.29, 0.717) is 13.0 Å². The standard InChI is InChI=1S/C10H22N2O4/c1-10(2,3)16-9(14)12-6-5-7(11)8(13)15-4/h7,9,12,14H,5-6,11H2,1-4H3. The van der Waals surface area contributed by atoms with Crippen LogP contribution in [0.2, 0.25) is 0 Å². The zero-order valence-corrected chi connectivity index (χ0v) is 10.3. The number of rotatable bonds is 6. The average molecular weight is 234 g/mol. The number of methoxy groups -OCH3 is 1. The first-order chi connectivity index (χ1) is 7.26. The zero-order valence-electron chi connectivity index (χ0n) is 10.3. The first-order valence-corrected chi connectivity index (χ1v) is 5.19. The van der Waals surface area contributed by atoms with Crippen LogP contribution in [-0.4, -0.2) is 42.8 Å². The molecule has 0 amide bonds. The molecular formula is C10H22N2O4. The van der Waals surface area contributed by atoms with Crippen LogP contribution in [0.1, 0.15) is 27.2 Å². The van der Waals surface area contributed by atoms with Gasteiger partial charge in [0.1, 0.15) is 6.04 Å². The van der Waals surface area contributed by atoms with Crippen molar-refractivity contribution in [3.05, 3.63) is 0 Å². The number of aliphatic hydroxyl groups is 1. The van der Waals surface area contributed by atoms with Gasteiger partial charge in [0.05, 0.1) is 12.7 Å².